The fraction of sp³-hybridized carbons (Fsp3) is 0.412. The summed E-state index contributed by atoms with van der Waals surface area (Å²) in [7, 11) is 0. The van der Waals surface area contributed by atoms with E-state index in [2.05, 4.69) is 24.3 Å². The largest absolute Gasteiger partial charge is 0.379 e. The Kier molecular flexibility index (Phi) is 4.56. The molecule has 106 valence electrons. The molecule has 2 aliphatic rings. The molecular weight excluding hydrogens is 272 g/mol. The number of rotatable bonds is 4. The minimum absolute atomic E-state index is 0.191. The summed E-state index contributed by atoms with van der Waals surface area (Å²) in [5.74, 6) is 0. The van der Waals surface area contributed by atoms with Gasteiger partial charge in [0, 0.05) is 11.6 Å². The van der Waals surface area contributed by atoms with Crippen LogP contribution in [0.2, 0.25) is 5.02 Å². The van der Waals surface area contributed by atoms with Crippen LogP contribution in [0, 0.1) is 0 Å². The van der Waals surface area contributed by atoms with Gasteiger partial charge >= 0.3 is 0 Å². The van der Waals surface area contributed by atoms with Crippen LogP contribution in [-0.2, 0) is 15.9 Å². The van der Waals surface area contributed by atoms with Crippen molar-refractivity contribution in [2.24, 2.45) is 0 Å². The summed E-state index contributed by atoms with van der Waals surface area (Å²) in [5.41, 5.74) is 2.48. The normalized spacial score (nSPS) is 25.8. The van der Waals surface area contributed by atoms with Gasteiger partial charge in [0.2, 0.25) is 0 Å². The lowest BCUT2D eigenvalue weighted by Crippen LogP contribution is -2.21. The number of hydrogen-bond donors (Lipinski definition) is 0. The minimum Gasteiger partial charge on any atom is -0.379 e. The van der Waals surface area contributed by atoms with Gasteiger partial charge < -0.3 is 9.47 Å². The van der Waals surface area contributed by atoms with Crippen LogP contribution in [0.15, 0.2) is 48.1 Å². The summed E-state index contributed by atoms with van der Waals surface area (Å²) in [4.78, 5) is 0. The van der Waals surface area contributed by atoms with Gasteiger partial charge in [-0.25, -0.2) is 0 Å². The van der Waals surface area contributed by atoms with Crippen LogP contribution in [0.1, 0.15) is 18.4 Å². The second-order valence-electron chi connectivity index (χ2n) is 5.30. The van der Waals surface area contributed by atoms with E-state index in [4.69, 9.17) is 21.1 Å². The SMILES string of the molecule is Clc1ccccc1CC1=CCC(O[C@H]2CCOC2)C=C1. The van der Waals surface area contributed by atoms with E-state index in [9.17, 15) is 0 Å². The molecule has 0 N–H and O–H groups in total. The fourth-order valence-electron chi connectivity index (χ4n) is 2.61. The first-order chi connectivity index (χ1) is 9.81. The van der Waals surface area contributed by atoms with E-state index in [-0.39, 0.29) is 12.2 Å². The second kappa shape index (κ2) is 6.57. The molecule has 0 radical (unpaired) electrons. The maximum atomic E-state index is 6.20. The molecule has 1 aromatic carbocycles. The summed E-state index contributed by atoms with van der Waals surface area (Å²) < 4.78 is 11.3. The standard InChI is InChI=1S/C17H19ClO2/c18-17-4-2-1-3-14(17)11-13-5-7-15(8-6-13)20-16-9-10-19-12-16/h1-7,15-16H,8-12H2/t15?,16-/m0/s1. The molecule has 1 aliphatic heterocycles. The molecule has 1 heterocycles. The lowest BCUT2D eigenvalue weighted by Gasteiger charge is -2.20. The van der Waals surface area contributed by atoms with Crippen LogP contribution < -0.4 is 0 Å². The minimum atomic E-state index is 0.191. The van der Waals surface area contributed by atoms with Crippen molar-refractivity contribution in [3.05, 3.63) is 58.7 Å². The third kappa shape index (κ3) is 3.51. The Balaban J connectivity index is 1.55. The monoisotopic (exact) mass is 290 g/mol. The Morgan fingerprint density at radius 1 is 1.30 bits per heavy atom. The van der Waals surface area contributed by atoms with Gasteiger partial charge in [0.25, 0.3) is 0 Å². The molecule has 0 amide bonds. The van der Waals surface area contributed by atoms with Crippen LogP contribution in [0.5, 0.6) is 0 Å². The summed E-state index contributed by atoms with van der Waals surface area (Å²) in [5, 5.41) is 0.836. The first-order valence-corrected chi connectivity index (χ1v) is 7.53. The average molecular weight is 291 g/mol. The third-order valence-electron chi connectivity index (χ3n) is 3.74. The Bertz CT molecular complexity index is 515. The van der Waals surface area contributed by atoms with Gasteiger partial charge in [0.1, 0.15) is 0 Å². The number of hydrogen-bond acceptors (Lipinski definition) is 2. The van der Waals surface area contributed by atoms with Gasteiger partial charge in [-0.15, -0.1) is 0 Å². The molecule has 3 heteroatoms. The van der Waals surface area contributed by atoms with Gasteiger partial charge in [0.05, 0.1) is 18.8 Å². The van der Waals surface area contributed by atoms with Crippen LogP contribution in [0.25, 0.3) is 0 Å². The van der Waals surface area contributed by atoms with E-state index in [1.54, 1.807) is 0 Å². The Hall–Kier alpha value is -1.09. The van der Waals surface area contributed by atoms with Crippen molar-refractivity contribution >= 4 is 11.6 Å². The van der Waals surface area contributed by atoms with E-state index in [1.165, 1.54) is 11.1 Å². The quantitative estimate of drug-likeness (QED) is 0.836. The summed E-state index contributed by atoms with van der Waals surface area (Å²) >= 11 is 6.20. The fourth-order valence-corrected chi connectivity index (χ4v) is 2.81. The predicted molar refractivity (Wildman–Crippen MR) is 81.1 cm³/mol. The van der Waals surface area contributed by atoms with Crippen molar-refractivity contribution in [1.29, 1.82) is 0 Å². The molecule has 1 aliphatic carbocycles. The van der Waals surface area contributed by atoms with Crippen molar-refractivity contribution in [3.63, 3.8) is 0 Å². The summed E-state index contributed by atoms with van der Waals surface area (Å²) in [6, 6.07) is 8.01. The molecule has 1 fully saturated rings. The van der Waals surface area contributed by atoms with Crippen LogP contribution in [0.4, 0.5) is 0 Å². The molecule has 0 saturated carbocycles. The highest BCUT2D eigenvalue weighted by atomic mass is 35.5. The van der Waals surface area contributed by atoms with Crippen molar-refractivity contribution in [2.45, 2.75) is 31.5 Å². The maximum Gasteiger partial charge on any atom is 0.0838 e. The van der Waals surface area contributed by atoms with Gasteiger partial charge in [-0.1, -0.05) is 48.0 Å². The molecule has 0 bridgehead atoms. The third-order valence-corrected chi connectivity index (χ3v) is 4.11. The molecule has 1 saturated heterocycles. The zero-order valence-corrected chi connectivity index (χ0v) is 12.2. The van der Waals surface area contributed by atoms with Gasteiger partial charge in [-0.3, -0.25) is 0 Å². The van der Waals surface area contributed by atoms with E-state index < -0.39 is 0 Å². The van der Waals surface area contributed by atoms with E-state index >= 15 is 0 Å². The van der Waals surface area contributed by atoms with E-state index in [1.807, 2.05) is 18.2 Å². The number of ether oxygens (including phenoxy) is 2. The highest BCUT2D eigenvalue weighted by Crippen LogP contribution is 2.23. The zero-order chi connectivity index (χ0) is 13.8. The highest BCUT2D eigenvalue weighted by Gasteiger charge is 2.20. The molecule has 2 atom stereocenters. The van der Waals surface area contributed by atoms with Crippen molar-refractivity contribution < 1.29 is 9.47 Å². The van der Waals surface area contributed by atoms with E-state index in [0.29, 0.717) is 0 Å². The van der Waals surface area contributed by atoms with Crippen molar-refractivity contribution in [3.8, 4) is 0 Å². The second-order valence-corrected chi connectivity index (χ2v) is 5.71. The smallest absolute Gasteiger partial charge is 0.0838 e. The molecule has 0 spiro atoms. The number of allylic oxidation sites excluding steroid dienone is 2. The molecule has 1 aromatic rings. The number of halogens is 1. The number of benzene rings is 1. The first-order valence-electron chi connectivity index (χ1n) is 7.15. The summed E-state index contributed by atoms with van der Waals surface area (Å²) in [6.07, 6.45) is 9.87. The van der Waals surface area contributed by atoms with Crippen LogP contribution >= 0.6 is 11.6 Å². The molecule has 2 nitrogen and oxygen atoms in total. The van der Waals surface area contributed by atoms with E-state index in [0.717, 1.165) is 37.5 Å². The molecular formula is C17H19ClO2. The Morgan fingerprint density at radius 2 is 2.20 bits per heavy atom. The van der Waals surface area contributed by atoms with Crippen molar-refractivity contribution in [2.75, 3.05) is 13.2 Å². The average Bonchev–Trinajstić information content (AvgIpc) is 2.96. The first kappa shape index (κ1) is 13.9. The van der Waals surface area contributed by atoms with Gasteiger partial charge in [-0.2, -0.15) is 0 Å². The van der Waals surface area contributed by atoms with Gasteiger partial charge in [-0.05, 0) is 36.5 Å². The Labute approximate surface area is 125 Å². The molecule has 1 unspecified atom stereocenters. The zero-order valence-electron chi connectivity index (χ0n) is 11.4. The van der Waals surface area contributed by atoms with Crippen LogP contribution in [0.3, 0.4) is 0 Å². The molecule has 20 heavy (non-hydrogen) atoms. The summed E-state index contributed by atoms with van der Waals surface area (Å²) in [6.45, 7) is 1.56. The van der Waals surface area contributed by atoms with Crippen molar-refractivity contribution in [1.82, 2.24) is 0 Å². The maximum absolute atomic E-state index is 6.20. The lowest BCUT2D eigenvalue weighted by molar-refractivity contribution is 0.00852. The Morgan fingerprint density at radius 3 is 2.90 bits per heavy atom. The van der Waals surface area contributed by atoms with Crippen LogP contribution in [-0.4, -0.2) is 25.4 Å². The molecule has 0 aromatic heterocycles. The lowest BCUT2D eigenvalue weighted by atomic mass is 9.98. The molecule has 3 rings (SSSR count). The topological polar surface area (TPSA) is 18.5 Å². The van der Waals surface area contributed by atoms with Gasteiger partial charge in [0.15, 0.2) is 0 Å². The predicted octanol–water partition coefficient (Wildman–Crippen LogP) is 3.94. The highest BCUT2D eigenvalue weighted by molar-refractivity contribution is 6.31.